The van der Waals surface area contributed by atoms with Gasteiger partial charge in [0.1, 0.15) is 0 Å². The highest BCUT2D eigenvalue weighted by Crippen LogP contribution is 2.31. The molecule has 0 unspecified atom stereocenters. The molecule has 4 nitrogen and oxygen atoms in total. The molecule has 0 aliphatic heterocycles. The standard InChI is InChI=1S/C11H14F3N3O/c1-16-7-9(6-15-16)17(8-4-2-3-5-8)10(18)11(12,13)14/h6-8H,2-5H2,1H3. The molecule has 0 saturated heterocycles. The number of hydrogen-bond donors (Lipinski definition) is 0. The van der Waals surface area contributed by atoms with Crippen LogP contribution in [0.25, 0.3) is 0 Å². The van der Waals surface area contributed by atoms with E-state index in [4.69, 9.17) is 0 Å². The minimum Gasteiger partial charge on any atom is -0.299 e. The highest BCUT2D eigenvalue weighted by Gasteiger charge is 2.46. The lowest BCUT2D eigenvalue weighted by molar-refractivity contribution is -0.171. The molecular weight excluding hydrogens is 247 g/mol. The topological polar surface area (TPSA) is 38.1 Å². The molecule has 0 bridgehead atoms. The van der Waals surface area contributed by atoms with Gasteiger partial charge in [0.25, 0.3) is 0 Å². The second-order valence-corrected chi connectivity index (χ2v) is 4.48. The maximum absolute atomic E-state index is 12.6. The first-order valence-electron chi connectivity index (χ1n) is 5.78. The number of hydrogen-bond acceptors (Lipinski definition) is 2. The Morgan fingerprint density at radius 1 is 1.44 bits per heavy atom. The van der Waals surface area contributed by atoms with Crippen LogP contribution in [-0.2, 0) is 11.8 Å². The zero-order valence-electron chi connectivity index (χ0n) is 9.94. The Kier molecular flexibility index (Phi) is 3.32. The molecule has 1 saturated carbocycles. The van der Waals surface area contributed by atoms with Gasteiger partial charge in [-0.05, 0) is 12.8 Å². The van der Waals surface area contributed by atoms with Gasteiger partial charge in [-0.15, -0.1) is 0 Å². The van der Waals surface area contributed by atoms with E-state index < -0.39 is 12.1 Å². The van der Waals surface area contributed by atoms with Crippen molar-refractivity contribution in [1.82, 2.24) is 9.78 Å². The molecule has 0 radical (unpaired) electrons. The Labute approximate surface area is 102 Å². The largest absolute Gasteiger partial charge is 0.471 e. The lowest BCUT2D eigenvalue weighted by Gasteiger charge is -2.28. The number of rotatable bonds is 2. The van der Waals surface area contributed by atoms with Crippen molar-refractivity contribution in [2.24, 2.45) is 7.05 Å². The van der Waals surface area contributed by atoms with Crippen LogP contribution in [0.2, 0.25) is 0 Å². The van der Waals surface area contributed by atoms with E-state index in [1.165, 1.54) is 17.1 Å². The molecule has 100 valence electrons. The zero-order chi connectivity index (χ0) is 13.3. The Morgan fingerprint density at radius 3 is 2.50 bits per heavy atom. The molecule has 1 aromatic rings. The summed E-state index contributed by atoms with van der Waals surface area (Å²) < 4.78 is 39.3. The third kappa shape index (κ3) is 2.49. The molecule has 1 amide bonds. The fraction of sp³-hybridized carbons (Fsp3) is 0.636. The lowest BCUT2D eigenvalue weighted by atomic mass is 10.2. The first-order chi connectivity index (χ1) is 8.39. The maximum Gasteiger partial charge on any atom is 0.471 e. The number of aromatic nitrogens is 2. The summed E-state index contributed by atoms with van der Waals surface area (Å²) in [5.74, 6) is -1.80. The number of alkyl halides is 3. The molecule has 0 N–H and O–H groups in total. The van der Waals surface area contributed by atoms with Crippen molar-refractivity contribution in [2.45, 2.75) is 37.9 Å². The molecule has 1 aliphatic rings. The Bertz CT molecular complexity index is 435. The van der Waals surface area contributed by atoms with Crippen LogP contribution in [0.5, 0.6) is 0 Å². The van der Waals surface area contributed by atoms with Gasteiger partial charge in [-0.2, -0.15) is 18.3 Å². The van der Waals surface area contributed by atoms with Crippen LogP contribution in [0, 0.1) is 0 Å². The fourth-order valence-corrected chi connectivity index (χ4v) is 2.33. The van der Waals surface area contributed by atoms with E-state index in [0.29, 0.717) is 12.8 Å². The maximum atomic E-state index is 12.6. The molecular formula is C11H14F3N3O. The van der Waals surface area contributed by atoms with E-state index >= 15 is 0 Å². The molecule has 0 aromatic carbocycles. The third-order valence-electron chi connectivity index (χ3n) is 3.12. The van der Waals surface area contributed by atoms with Gasteiger partial charge in [0.05, 0.1) is 11.9 Å². The fourth-order valence-electron chi connectivity index (χ4n) is 2.33. The average molecular weight is 261 g/mol. The van der Waals surface area contributed by atoms with Crippen LogP contribution < -0.4 is 4.90 Å². The Morgan fingerprint density at radius 2 is 2.06 bits per heavy atom. The first-order valence-corrected chi connectivity index (χ1v) is 5.78. The number of aryl methyl sites for hydroxylation is 1. The van der Waals surface area contributed by atoms with E-state index in [-0.39, 0.29) is 11.7 Å². The molecule has 0 spiro atoms. The summed E-state index contributed by atoms with van der Waals surface area (Å²) in [6.45, 7) is 0. The highest BCUT2D eigenvalue weighted by molar-refractivity contribution is 5.97. The van der Waals surface area contributed by atoms with E-state index in [1.807, 2.05) is 0 Å². The highest BCUT2D eigenvalue weighted by atomic mass is 19.4. The first kappa shape index (κ1) is 12.9. The predicted octanol–water partition coefficient (Wildman–Crippen LogP) is 2.26. The van der Waals surface area contributed by atoms with Crippen molar-refractivity contribution in [3.63, 3.8) is 0 Å². The summed E-state index contributed by atoms with van der Waals surface area (Å²) in [7, 11) is 1.61. The van der Waals surface area contributed by atoms with Gasteiger partial charge in [0.15, 0.2) is 0 Å². The summed E-state index contributed by atoms with van der Waals surface area (Å²) >= 11 is 0. The number of halogens is 3. The number of amides is 1. The monoisotopic (exact) mass is 261 g/mol. The van der Waals surface area contributed by atoms with Crippen LogP contribution in [0.4, 0.5) is 18.9 Å². The minimum absolute atomic E-state index is 0.215. The van der Waals surface area contributed by atoms with Crippen LogP contribution in [0.15, 0.2) is 12.4 Å². The van der Waals surface area contributed by atoms with Crippen molar-refractivity contribution in [2.75, 3.05) is 4.90 Å². The molecule has 7 heteroatoms. The van der Waals surface area contributed by atoms with Crippen LogP contribution in [-0.4, -0.2) is 27.9 Å². The van der Waals surface area contributed by atoms with Gasteiger partial charge in [0, 0.05) is 19.3 Å². The summed E-state index contributed by atoms with van der Waals surface area (Å²) in [4.78, 5) is 12.4. The van der Waals surface area contributed by atoms with Crippen molar-refractivity contribution in [3.8, 4) is 0 Å². The number of anilines is 1. The molecule has 1 aliphatic carbocycles. The van der Waals surface area contributed by atoms with Crippen LogP contribution in [0.3, 0.4) is 0 Å². The summed E-state index contributed by atoms with van der Waals surface area (Å²) in [5.41, 5.74) is 0.215. The van der Waals surface area contributed by atoms with Crippen molar-refractivity contribution in [1.29, 1.82) is 0 Å². The minimum atomic E-state index is -4.85. The molecule has 0 atom stereocenters. The van der Waals surface area contributed by atoms with Gasteiger partial charge >= 0.3 is 12.1 Å². The van der Waals surface area contributed by atoms with E-state index in [9.17, 15) is 18.0 Å². The van der Waals surface area contributed by atoms with Gasteiger partial charge in [-0.3, -0.25) is 14.4 Å². The van der Waals surface area contributed by atoms with E-state index in [2.05, 4.69) is 5.10 Å². The Balaban J connectivity index is 2.31. The van der Waals surface area contributed by atoms with Gasteiger partial charge < -0.3 is 0 Å². The molecule has 1 fully saturated rings. The van der Waals surface area contributed by atoms with E-state index in [1.54, 1.807) is 7.05 Å². The smallest absolute Gasteiger partial charge is 0.299 e. The van der Waals surface area contributed by atoms with Crippen LogP contribution >= 0.6 is 0 Å². The summed E-state index contributed by atoms with van der Waals surface area (Å²) in [6.07, 6.45) is 0.801. The predicted molar refractivity (Wildman–Crippen MR) is 59.0 cm³/mol. The van der Waals surface area contributed by atoms with Gasteiger partial charge in [0.2, 0.25) is 0 Å². The molecule has 2 rings (SSSR count). The number of carbonyl (C=O) groups is 1. The Hall–Kier alpha value is -1.53. The average Bonchev–Trinajstić information content (AvgIpc) is 2.89. The van der Waals surface area contributed by atoms with Crippen molar-refractivity contribution >= 4 is 11.6 Å². The van der Waals surface area contributed by atoms with Crippen molar-refractivity contribution < 1.29 is 18.0 Å². The molecule has 1 aromatic heterocycles. The molecule has 18 heavy (non-hydrogen) atoms. The van der Waals surface area contributed by atoms with E-state index in [0.717, 1.165) is 17.7 Å². The number of carbonyl (C=O) groups excluding carboxylic acids is 1. The second-order valence-electron chi connectivity index (χ2n) is 4.48. The zero-order valence-corrected chi connectivity index (χ0v) is 9.94. The quantitative estimate of drug-likeness (QED) is 0.819. The van der Waals surface area contributed by atoms with Gasteiger partial charge in [-0.1, -0.05) is 12.8 Å². The molecule has 1 heterocycles. The lowest BCUT2D eigenvalue weighted by Crippen LogP contribution is -2.46. The summed E-state index contributed by atoms with van der Waals surface area (Å²) in [5, 5.41) is 3.83. The second kappa shape index (κ2) is 4.62. The SMILES string of the molecule is Cn1cc(N(C(=O)C(F)(F)F)C2CCCC2)cn1. The normalized spacial score (nSPS) is 17.1. The van der Waals surface area contributed by atoms with Crippen LogP contribution in [0.1, 0.15) is 25.7 Å². The van der Waals surface area contributed by atoms with Gasteiger partial charge in [-0.25, -0.2) is 0 Å². The number of nitrogens with zero attached hydrogens (tertiary/aromatic N) is 3. The summed E-state index contributed by atoms with van der Waals surface area (Å²) in [6, 6.07) is -0.372. The van der Waals surface area contributed by atoms with Crippen molar-refractivity contribution in [3.05, 3.63) is 12.4 Å². The third-order valence-corrected chi connectivity index (χ3v) is 3.12.